The maximum absolute atomic E-state index is 14.0. The second-order valence-electron chi connectivity index (χ2n) is 8.29. The molecule has 3 amide bonds. The number of urea groups is 1. The van der Waals surface area contributed by atoms with E-state index in [1.807, 2.05) is 7.05 Å². The van der Waals surface area contributed by atoms with E-state index in [2.05, 4.69) is 14.9 Å². The Hall–Kier alpha value is -3.44. The number of amides is 3. The lowest BCUT2D eigenvalue weighted by molar-refractivity contribution is -0.118. The summed E-state index contributed by atoms with van der Waals surface area (Å²) >= 11 is 0. The third kappa shape index (κ3) is 4.90. The summed E-state index contributed by atoms with van der Waals surface area (Å²) in [7, 11) is -2.12. The summed E-state index contributed by atoms with van der Waals surface area (Å²) in [5.41, 5.74) is 0.990. The quantitative estimate of drug-likeness (QED) is 0.576. The molecule has 2 aromatic carbocycles. The van der Waals surface area contributed by atoms with Gasteiger partial charge in [-0.2, -0.15) is 0 Å². The molecule has 1 aromatic heterocycles. The van der Waals surface area contributed by atoms with E-state index in [4.69, 9.17) is 0 Å². The van der Waals surface area contributed by atoms with E-state index in [-0.39, 0.29) is 16.6 Å². The number of hydrogen-bond donors (Lipinski definition) is 2. The van der Waals surface area contributed by atoms with Crippen LogP contribution in [0.1, 0.15) is 13.0 Å². The molecule has 0 spiro atoms. The number of carbonyl (C=O) groups is 2. The molecule has 1 atom stereocenters. The van der Waals surface area contributed by atoms with Crippen LogP contribution in [0.15, 0.2) is 59.6 Å². The van der Waals surface area contributed by atoms with Gasteiger partial charge < -0.3 is 19.7 Å². The van der Waals surface area contributed by atoms with Gasteiger partial charge in [-0.05, 0) is 56.4 Å². The lowest BCUT2D eigenvalue weighted by Gasteiger charge is -2.32. The number of nitrogens with one attached hydrogen (secondary N) is 2. The predicted octanol–water partition coefficient (Wildman–Crippen LogP) is 2.63. The first-order chi connectivity index (χ1) is 16.2. The normalized spacial score (nSPS) is 15.8. The standard InChI is InChI=1S/C23H26FN5O4S/c1-16(29-11-10-19-20(24)4-3-5-21(19)29)22(30)25-17-6-8-18(9-7-17)34(32,33)26-23(31)28-14-12-27(2)13-15-28/h3-11,16H,12-15H2,1-2H3,(H,25,30)(H,26,31)/t16-/m1/s1. The second-order valence-corrected chi connectivity index (χ2v) is 9.97. The van der Waals surface area contributed by atoms with Crippen molar-refractivity contribution in [1.82, 2.24) is 19.1 Å². The zero-order valence-corrected chi connectivity index (χ0v) is 19.7. The molecule has 2 N–H and O–H groups in total. The van der Waals surface area contributed by atoms with Crippen molar-refractivity contribution in [3.8, 4) is 0 Å². The van der Waals surface area contributed by atoms with Gasteiger partial charge in [0.15, 0.2) is 0 Å². The zero-order chi connectivity index (χ0) is 24.5. The monoisotopic (exact) mass is 487 g/mol. The average Bonchev–Trinajstić information content (AvgIpc) is 3.24. The van der Waals surface area contributed by atoms with Gasteiger partial charge in [0.2, 0.25) is 5.91 Å². The molecule has 4 rings (SSSR count). The highest BCUT2D eigenvalue weighted by Crippen LogP contribution is 2.24. The molecule has 3 aromatic rings. The lowest BCUT2D eigenvalue weighted by Crippen LogP contribution is -2.51. The van der Waals surface area contributed by atoms with Gasteiger partial charge in [0.1, 0.15) is 11.9 Å². The smallest absolute Gasteiger partial charge is 0.331 e. The largest absolute Gasteiger partial charge is 0.335 e. The number of hydrogen-bond acceptors (Lipinski definition) is 5. The lowest BCUT2D eigenvalue weighted by atomic mass is 10.2. The molecule has 2 heterocycles. The fraction of sp³-hybridized carbons (Fsp3) is 0.304. The summed E-state index contributed by atoms with van der Waals surface area (Å²) in [6.07, 6.45) is 1.65. The SMILES string of the molecule is C[C@H](C(=O)Nc1ccc(S(=O)(=O)NC(=O)N2CCN(C)CC2)cc1)n1ccc2c(F)cccc21. The van der Waals surface area contributed by atoms with Crippen LogP contribution < -0.4 is 10.0 Å². The summed E-state index contributed by atoms with van der Waals surface area (Å²) in [6.45, 7) is 3.93. The highest BCUT2D eigenvalue weighted by atomic mass is 32.2. The van der Waals surface area contributed by atoms with Crippen molar-refractivity contribution in [3.05, 3.63) is 60.5 Å². The van der Waals surface area contributed by atoms with E-state index in [1.54, 1.807) is 35.9 Å². The maximum Gasteiger partial charge on any atom is 0.331 e. The molecule has 0 bridgehead atoms. The van der Waals surface area contributed by atoms with Crippen LogP contribution in [0, 0.1) is 5.82 Å². The van der Waals surface area contributed by atoms with Gasteiger partial charge in [-0.1, -0.05) is 6.07 Å². The summed E-state index contributed by atoms with van der Waals surface area (Å²) in [6, 6.07) is 10.5. The van der Waals surface area contributed by atoms with E-state index in [9.17, 15) is 22.4 Å². The Kier molecular flexibility index (Phi) is 6.58. The van der Waals surface area contributed by atoms with E-state index in [1.165, 1.54) is 35.2 Å². The van der Waals surface area contributed by atoms with Crippen LogP contribution in [0.3, 0.4) is 0 Å². The van der Waals surface area contributed by atoms with Gasteiger partial charge >= 0.3 is 6.03 Å². The summed E-state index contributed by atoms with van der Waals surface area (Å²) in [4.78, 5) is 28.5. The first-order valence-electron chi connectivity index (χ1n) is 10.8. The molecule has 1 aliphatic heterocycles. The average molecular weight is 488 g/mol. The number of rotatable bonds is 5. The molecule has 9 nitrogen and oxygen atoms in total. The minimum Gasteiger partial charge on any atom is -0.335 e. The number of anilines is 1. The van der Waals surface area contributed by atoms with Crippen molar-refractivity contribution in [2.75, 3.05) is 38.5 Å². The minimum absolute atomic E-state index is 0.0899. The third-order valence-corrected chi connectivity index (χ3v) is 7.29. The molecule has 0 aliphatic carbocycles. The molecular formula is C23H26FN5O4S. The third-order valence-electron chi connectivity index (χ3n) is 5.95. The Labute approximate surface area is 197 Å². The predicted molar refractivity (Wildman–Crippen MR) is 126 cm³/mol. The highest BCUT2D eigenvalue weighted by molar-refractivity contribution is 7.90. The molecular weight excluding hydrogens is 461 g/mol. The van der Waals surface area contributed by atoms with Gasteiger partial charge in [0.05, 0.1) is 10.4 Å². The van der Waals surface area contributed by atoms with Crippen LogP contribution in [0.2, 0.25) is 0 Å². The maximum atomic E-state index is 14.0. The number of aromatic nitrogens is 1. The van der Waals surface area contributed by atoms with Gasteiger partial charge in [0, 0.05) is 43.4 Å². The molecule has 0 saturated carbocycles. The van der Waals surface area contributed by atoms with Crippen LogP contribution in [0.5, 0.6) is 0 Å². The number of carbonyl (C=O) groups excluding carboxylic acids is 2. The number of nitrogens with zero attached hydrogens (tertiary/aromatic N) is 3. The molecule has 0 unspecified atom stereocenters. The number of fused-ring (bicyclic) bond motifs is 1. The van der Waals surface area contributed by atoms with Gasteiger partial charge in [-0.25, -0.2) is 22.3 Å². The van der Waals surface area contributed by atoms with Crippen LogP contribution in [0.4, 0.5) is 14.9 Å². The van der Waals surface area contributed by atoms with Crippen molar-refractivity contribution in [3.63, 3.8) is 0 Å². The number of piperazine rings is 1. The van der Waals surface area contributed by atoms with E-state index in [0.717, 1.165) is 0 Å². The molecule has 0 radical (unpaired) electrons. The molecule has 11 heteroatoms. The van der Waals surface area contributed by atoms with E-state index >= 15 is 0 Å². The van der Waals surface area contributed by atoms with Crippen molar-refractivity contribution < 1.29 is 22.4 Å². The minimum atomic E-state index is -4.05. The summed E-state index contributed by atoms with van der Waals surface area (Å²) in [5, 5.41) is 3.16. The molecule has 1 fully saturated rings. The fourth-order valence-corrected chi connectivity index (χ4v) is 4.80. The van der Waals surface area contributed by atoms with Crippen molar-refractivity contribution >= 4 is 38.6 Å². The Morgan fingerprint density at radius 3 is 2.35 bits per heavy atom. The highest BCUT2D eigenvalue weighted by Gasteiger charge is 2.24. The van der Waals surface area contributed by atoms with Crippen LogP contribution >= 0.6 is 0 Å². The Morgan fingerprint density at radius 2 is 1.68 bits per heavy atom. The molecule has 34 heavy (non-hydrogen) atoms. The molecule has 1 saturated heterocycles. The molecule has 1 aliphatic rings. The first kappa shape index (κ1) is 23.7. The number of halogens is 1. The van der Waals surface area contributed by atoms with Gasteiger partial charge in [0.25, 0.3) is 10.0 Å². The fourth-order valence-electron chi connectivity index (χ4n) is 3.83. The first-order valence-corrected chi connectivity index (χ1v) is 12.3. The van der Waals surface area contributed by atoms with Crippen LogP contribution in [-0.4, -0.2) is 67.9 Å². The molecule has 180 valence electrons. The van der Waals surface area contributed by atoms with Crippen molar-refractivity contribution in [2.24, 2.45) is 0 Å². The Balaban J connectivity index is 1.41. The van der Waals surface area contributed by atoms with E-state index < -0.39 is 22.1 Å². The van der Waals surface area contributed by atoms with E-state index in [0.29, 0.717) is 42.8 Å². The number of benzene rings is 2. The Morgan fingerprint density at radius 1 is 1.00 bits per heavy atom. The van der Waals surface area contributed by atoms with Crippen LogP contribution in [0.25, 0.3) is 10.9 Å². The van der Waals surface area contributed by atoms with Gasteiger partial charge in [-0.3, -0.25) is 4.79 Å². The summed E-state index contributed by atoms with van der Waals surface area (Å²) < 4.78 is 42.9. The topological polar surface area (TPSA) is 104 Å². The van der Waals surface area contributed by atoms with Crippen molar-refractivity contribution in [1.29, 1.82) is 0 Å². The summed E-state index contributed by atoms with van der Waals surface area (Å²) in [5.74, 6) is -0.707. The van der Waals surface area contributed by atoms with Crippen molar-refractivity contribution in [2.45, 2.75) is 17.9 Å². The Bertz CT molecular complexity index is 1310. The van der Waals surface area contributed by atoms with Crippen LogP contribution in [-0.2, 0) is 14.8 Å². The number of sulfonamides is 1. The number of likely N-dealkylation sites (N-methyl/N-ethyl adjacent to an activating group) is 1. The second kappa shape index (κ2) is 9.43. The van der Waals surface area contributed by atoms with Gasteiger partial charge in [-0.15, -0.1) is 0 Å². The zero-order valence-electron chi connectivity index (χ0n) is 18.9.